The van der Waals surface area contributed by atoms with E-state index in [1.807, 2.05) is 20.8 Å². The molecule has 9 nitrogen and oxygen atoms in total. The first-order valence-electron chi connectivity index (χ1n) is 8.86. The fraction of sp³-hybridized carbons (Fsp3) is 0.556. The molecule has 0 saturated carbocycles. The largest absolute Gasteiger partial charge is 0.480 e. The third-order valence-electron chi connectivity index (χ3n) is 3.68. The van der Waals surface area contributed by atoms with Gasteiger partial charge in [0.2, 0.25) is 0 Å². The number of nitrogens with zero attached hydrogens (tertiary/aromatic N) is 1. The van der Waals surface area contributed by atoms with E-state index in [-0.39, 0.29) is 30.3 Å². The molecule has 1 saturated heterocycles. The molecular weight excluding hydrogens is 352 g/mol. The van der Waals surface area contributed by atoms with Gasteiger partial charge in [-0.3, -0.25) is 9.59 Å². The van der Waals surface area contributed by atoms with Crippen LogP contribution in [0.5, 0.6) is 5.75 Å². The highest BCUT2D eigenvalue weighted by molar-refractivity contribution is 5.94. The number of piperidine rings is 1. The minimum atomic E-state index is -0.406. The molecule has 0 aliphatic carbocycles. The van der Waals surface area contributed by atoms with Crippen molar-refractivity contribution in [1.29, 1.82) is 0 Å². The van der Waals surface area contributed by atoms with E-state index in [1.54, 1.807) is 6.07 Å². The highest BCUT2D eigenvalue weighted by atomic mass is 16.6. The summed E-state index contributed by atoms with van der Waals surface area (Å²) in [5, 5.41) is 8.62. The van der Waals surface area contributed by atoms with Crippen LogP contribution in [0, 0.1) is 0 Å². The number of amides is 2. The summed E-state index contributed by atoms with van der Waals surface area (Å²) in [6, 6.07) is 3.40. The number of alkyl carbamates (subject to hydrolysis) is 1. The fourth-order valence-corrected chi connectivity index (χ4v) is 2.49. The molecule has 148 valence electrons. The maximum absolute atomic E-state index is 11.4. The van der Waals surface area contributed by atoms with E-state index in [1.165, 1.54) is 6.07 Å². The summed E-state index contributed by atoms with van der Waals surface area (Å²) in [6.07, 6.45) is 2.28. The number of anilines is 1. The number of hydrogen-bond acceptors (Lipinski definition) is 7. The molecule has 27 heavy (non-hydrogen) atoms. The van der Waals surface area contributed by atoms with Crippen molar-refractivity contribution in [2.75, 3.05) is 25.0 Å². The van der Waals surface area contributed by atoms with Gasteiger partial charge in [0.05, 0.1) is 0 Å². The van der Waals surface area contributed by atoms with Crippen LogP contribution in [-0.4, -0.2) is 54.6 Å². The Morgan fingerprint density at radius 3 is 2.67 bits per heavy atom. The molecule has 9 heteroatoms. The minimum Gasteiger partial charge on any atom is -0.480 e. The molecule has 0 aromatic carbocycles. The smallest absolute Gasteiger partial charge is 0.407 e. The Kier molecular flexibility index (Phi) is 7.12. The van der Waals surface area contributed by atoms with Crippen molar-refractivity contribution in [2.45, 2.75) is 45.3 Å². The predicted molar refractivity (Wildman–Crippen MR) is 99.0 cm³/mol. The summed E-state index contributed by atoms with van der Waals surface area (Å²) in [4.78, 5) is 36.4. The molecule has 2 aliphatic heterocycles. The van der Waals surface area contributed by atoms with Gasteiger partial charge in [-0.05, 0) is 58.8 Å². The zero-order valence-electron chi connectivity index (χ0n) is 15.8. The number of aldehydes is 1. The van der Waals surface area contributed by atoms with Crippen LogP contribution < -0.4 is 20.7 Å². The van der Waals surface area contributed by atoms with E-state index in [9.17, 15) is 14.4 Å². The van der Waals surface area contributed by atoms with Gasteiger partial charge in [-0.25, -0.2) is 9.78 Å². The first kappa shape index (κ1) is 20.6. The van der Waals surface area contributed by atoms with Crippen molar-refractivity contribution < 1.29 is 23.9 Å². The molecule has 1 aromatic rings. The van der Waals surface area contributed by atoms with Crippen molar-refractivity contribution >= 4 is 24.1 Å². The maximum atomic E-state index is 11.4. The minimum absolute atomic E-state index is 0.00485. The molecule has 2 amide bonds. The molecule has 0 bridgehead atoms. The number of carbonyl (C=O) groups excluding carboxylic acids is 3. The highest BCUT2D eigenvalue weighted by Crippen LogP contribution is 2.24. The maximum Gasteiger partial charge on any atom is 0.407 e. The Balaban J connectivity index is 0.000000194. The molecular formula is C18H26N4O5. The Morgan fingerprint density at radius 2 is 2.04 bits per heavy atom. The van der Waals surface area contributed by atoms with Crippen molar-refractivity contribution in [3.05, 3.63) is 17.8 Å². The Morgan fingerprint density at radius 1 is 1.33 bits per heavy atom. The SMILES string of the molecule is CC(C)(C)OC(=O)NC1CCNCC1.O=Cc1ccc2c(n1)NC(=O)CO2. The molecule has 0 atom stereocenters. The quantitative estimate of drug-likeness (QED) is 0.667. The summed E-state index contributed by atoms with van der Waals surface area (Å²) in [7, 11) is 0. The topological polar surface area (TPSA) is 119 Å². The Labute approximate surface area is 158 Å². The normalized spacial score (nSPS) is 16.6. The molecule has 1 aromatic heterocycles. The van der Waals surface area contributed by atoms with Crippen LogP contribution in [0.25, 0.3) is 0 Å². The van der Waals surface area contributed by atoms with Crippen LogP contribution in [0.1, 0.15) is 44.1 Å². The van der Waals surface area contributed by atoms with Gasteiger partial charge in [0.25, 0.3) is 5.91 Å². The van der Waals surface area contributed by atoms with Gasteiger partial charge >= 0.3 is 6.09 Å². The number of hydrogen-bond donors (Lipinski definition) is 3. The second kappa shape index (κ2) is 9.31. The number of carbonyl (C=O) groups is 3. The predicted octanol–water partition coefficient (Wildman–Crippen LogP) is 1.49. The average molecular weight is 378 g/mol. The molecule has 3 heterocycles. The van der Waals surface area contributed by atoms with Crippen LogP contribution in [0.4, 0.5) is 10.6 Å². The molecule has 0 radical (unpaired) electrons. The van der Waals surface area contributed by atoms with E-state index in [2.05, 4.69) is 20.9 Å². The number of fused-ring (bicyclic) bond motifs is 1. The number of ether oxygens (including phenoxy) is 2. The lowest BCUT2D eigenvalue weighted by Crippen LogP contribution is -2.44. The number of nitrogens with one attached hydrogen (secondary N) is 3. The van der Waals surface area contributed by atoms with Crippen molar-refractivity contribution in [3.8, 4) is 5.75 Å². The second-order valence-corrected chi connectivity index (χ2v) is 7.21. The monoisotopic (exact) mass is 378 g/mol. The van der Waals surface area contributed by atoms with E-state index in [4.69, 9.17) is 9.47 Å². The van der Waals surface area contributed by atoms with E-state index in [0.717, 1.165) is 25.9 Å². The summed E-state index contributed by atoms with van der Waals surface area (Å²) >= 11 is 0. The Hall–Kier alpha value is -2.68. The lowest BCUT2D eigenvalue weighted by atomic mass is 10.1. The first-order valence-corrected chi connectivity index (χ1v) is 8.86. The van der Waals surface area contributed by atoms with Crippen molar-refractivity contribution in [1.82, 2.24) is 15.6 Å². The van der Waals surface area contributed by atoms with Crippen LogP contribution >= 0.6 is 0 Å². The summed E-state index contributed by atoms with van der Waals surface area (Å²) in [5.41, 5.74) is -0.138. The highest BCUT2D eigenvalue weighted by Gasteiger charge is 2.20. The summed E-state index contributed by atoms with van der Waals surface area (Å²) in [6.45, 7) is 7.55. The Bertz CT molecular complexity index is 681. The van der Waals surface area contributed by atoms with Gasteiger partial charge in [0, 0.05) is 6.04 Å². The number of rotatable bonds is 2. The number of pyridine rings is 1. The zero-order chi connectivity index (χ0) is 19.9. The van der Waals surface area contributed by atoms with Crippen LogP contribution in [0.3, 0.4) is 0 Å². The average Bonchev–Trinajstić information content (AvgIpc) is 2.60. The third-order valence-corrected chi connectivity index (χ3v) is 3.68. The summed E-state index contributed by atoms with van der Waals surface area (Å²) < 4.78 is 10.2. The van der Waals surface area contributed by atoms with Crippen LogP contribution in [0.15, 0.2) is 12.1 Å². The zero-order valence-corrected chi connectivity index (χ0v) is 15.8. The van der Waals surface area contributed by atoms with Gasteiger partial charge in [-0.15, -0.1) is 0 Å². The molecule has 3 N–H and O–H groups in total. The van der Waals surface area contributed by atoms with Gasteiger partial charge in [0.1, 0.15) is 11.3 Å². The fourth-order valence-electron chi connectivity index (χ4n) is 2.49. The third kappa shape index (κ3) is 7.22. The molecule has 3 rings (SSSR count). The van der Waals surface area contributed by atoms with Gasteiger partial charge in [0.15, 0.2) is 24.5 Å². The van der Waals surface area contributed by atoms with Gasteiger partial charge in [-0.1, -0.05) is 0 Å². The van der Waals surface area contributed by atoms with Crippen molar-refractivity contribution in [3.63, 3.8) is 0 Å². The molecule has 0 unspecified atom stereocenters. The van der Waals surface area contributed by atoms with Crippen LogP contribution in [0.2, 0.25) is 0 Å². The van der Waals surface area contributed by atoms with E-state index in [0.29, 0.717) is 17.9 Å². The molecule has 2 aliphatic rings. The molecule has 1 fully saturated rings. The van der Waals surface area contributed by atoms with Crippen molar-refractivity contribution in [2.24, 2.45) is 0 Å². The van der Waals surface area contributed by atoms with E-state index < -0.39 is 5.60 Å². The standard InChI is InChI=1S/C10H20N2O2.C8H6N2O3/c1-10(2,3)14-9(13)12-8-4-6-11-7-5-8;11-3-5-1-2-6-8(9-5)10-7(12)4-13-6/h8,11H,4-7H2,1-3H3,(H,12,13);1-3H,4H2,(H,9,10,12). The number of aromatic nitrogens is 1. The lowest BCUT2D eigenvalue weighted by Gasteiger charge is -2.26. The lowest BCUT2D eigenvalue weighted by molar-refractivity contribution is -0.118. The van der Waals surface area contributed by atoms with E-state index >= 15 is 0 Å². The van der Waals surface area contributed by atoms with Crippen LogP contribution in [-0.2, 0) is 9.53 Å². The van der Waals surface area contributed by atoms with Gasteiger partial charge < -0.3 is 25.4 Å². The summed E-state index contributed by atoms with van der Waals surface area (Å²) in [5.74, 6) is 0.536. The van der Waals surface area contributed by atoms with Gasteiger partial charge in [-0.2, -0.15) is 0 Å². The first-order chi connectivity index (χ1) is 12.8. The molecule has 0 spiro atoms. The second-order valence-electron chi connectivity index (χ2n) is 7.21.